The van der Waals surface area contributed by atoms with Crippen LogP contribution in [0.1, 0.15) is 25.5 Å². The van der Waals surface area contributed by atoms with Gasteiger partial charge >= 0.3 is 0 Å². The van der Waals surface area contributed by atoms with E-state index in [1.54, 1.807) is 0 Å². The molecule has 2 aliphatic heterocycles. The molecule has 2 aliphatic rings. The van der Waals surface area contributed by atoms with Gasteiger partial charge in [0.25, 0.3) is 0 Å². The third-order valence-corrected chi connectivity index (χ3v) is 5.31. The number of pyridine rings is 1. The fraction of sp³-hybridized carbons (Fsp3) is 0.474. The van der Waals surface area contributed by atoms with Crippen LogP contribution in [0, 0.1) is 0 Å². The normalized spacial score (nSPS) is 21.1. The van der Waals surface area contributed by atoms with Crippen molar-refractivity contribution in [2.24, 2.45) is 0 Å². The Kier molecular flexibility index (Phi) is 4.51. The van der Waals surface area contributed by atoms with E-state index in [0.29, 0.717) is 18.4 Å². The van der Waals surface area contributed by atoms with E-state index in [-0.39, 0.29) is 6.23 Å². The summed E-state index contributed by atoms with van der Waals surface area (Å²) in [6, 6.07) is 3.79. The number of nitrogens with zero attached hydrogens (tertiary/aromatic N) is 4. The summed E-state index contributed by atoms with van der Waals surface area (Å²) in [7, 11) is 0. The standard InChI is InChI=1S/C19H21ClN4O3/c20-17-10-15(23-4-7-25-8-5-23)19-14(22-17)9-16(27-19)13-11-21-24(12-13)18-3-1-2-6-26-18/h9-12,18H,1-8H2. The number of morpholine rings is 1. The van der Waals surface area contributed by atoms with Gasteiger partial charge in [0.15, 0.2) is 5.58 Å². The zero-order chi connectivity index (χ0) is 18.2. The zero-order valence-corrected chi connectivity index (χ0v) is 15.7. The third-order valence-electron chi connectivity index (χ3n) is 5.12. The summed E-state index contributed by atoms with van der Waals surface area (Å²) >= 11 is 6.26. The van der Waals surface area contributed by atoms with Gasteiger partial charge in [0.2, 0.25) is 0 Å². The number of furan rings is 1. The Morgan fingerprint density at radius 1 is 1.11 bits per heavy atom. The summed E-state index contributed by atoms with van der Waals surface area (Å²) < 4.78 is 19.3. The minimum absolute atomic E-state index is 0.00774. The largest absolute Gasteiger partial charge is 0.452 e. The molecule has 1 atom stereocenters. The van der Waals surface area contributed by atoms with Crippen molar-refractivity contribution in [1.29, 1.82) is 0 Å². The number of halogens is 1. The molecule has 0 radical (unpaired) electrons. The Labute approximate surface area is 161 Å². The summed E-state index contributed by atoms with van der Waals surface area (Å²) in [4.78, 5) is 6.66. The van der Waals surface area contributed by atoms with Crippen molar-refractivity contribution in [3.63, 3.8) is 0 Å². The van der Waals surface area contributed by atoms with Crippen LogP contribution in [0.3, 0.4) is 0 Å². The monoisotopic (exact) mass is 388 g/mol. The van der Waals surface area contributed by atoms with E-state index in [2.05, 4.69) is 15.0 Å². The molecule has 0 aromatic carbocycles. The summed E-state index contributed by atoms with van der Waals surface area (Å²) in [5.74, 6) is 0.733. The predicted molar refractivity (Wildman–Crippen MR) is 102 cm³/mol. The fourth-order valence-corrected chi connectivity index (χ4v) is 3.90. The minimum atomic E-state index is 0.00774. The van der Waals surface area contributed by atoms with E-state index in [4.69, 9.17) is 25.5 Å². The van der Waals surface area contributed by atoms with Gasteiger partial charge < -0.3 is 18.8 Å². The molecule has 0 N–H and O–H groups in total. The lowest BCUT2D eigenvalue weighted by Crippen LogP contribution is -2.36. The van der Waals surface area contributed by atoms with Crippen molar-refractivity contribution < 1.29 is 13.9 Å². The summed E-state index contributed by atoms with van der Waals surface area (Å²) in [5, 5.41) is 4.94. The van der Waals surface area contributed by atoms with E-state index in [1.807, 2.05) is 29.2 Å². The highest BCUT2D eigenvalue weighted by atomic mass is 35.5. The van der Waals surface area contributed by atoms with Crippen molar-refractivity contribution in [3.8, 4) is 11.3 Å². The van der Waals surface area contributed by atoms with E-state index in [9.17, 15) is 0 Å². The second-order valence-electron chi connectivity index (χ2n) is 6.92. The first-order valence-electron chi connectivity index (χ1n) is 9.37. The number of fused-ring (bicyclic) bond motifs is 1. The molecule has 7 nitrogen and oxygen atoms in total. The van der Waals surface area contributed by atoms with Gasteiger partial charge in [-0.3, -0.25) is 0 Å². The van der Waals surface area contributed by atoms with Gasteiger partial charge in [-0.2, -0.15) is 5.10 Å². The molecule has 1 unspecified atom stereocenters. The summed E-state index contributed by atoms with van der Waals surface area (Å²) in [6.07, 6.45) is 7.06. The van der Waals surface area contributed by atoms with Crippen LogP contribution in [-0.4, -0.2) is 47.7 Å². The van der Waals surface area contributed by atoms with E-state index in [0.717, 1.165) is 67.1 Å². The Hall–Kier alpha value is -2.09. The second-order valence-corrected chi connectivity index (χ2v) is 7.31. The highest BCUT2D eigenvalue weighted by molar-refractivity contribution is 6.30. The molecule has 27 heavy (non-hydrogen) atoms. The molecule has 5 rings (SSSR count). The lowest BCUT2D eigenvalue weighted by Gasteiger charge is -2.28. The molecule has 0 aliphatic carbocycles. The molecule has 0 bridgehead atoms. The number of ether oxygens (including phenoxy) is 2. The summed E-state index contributed by atoms with van der Waals surface area (Å²) in [5.41, 5.74) is 3.37. The number of hydrogen-bond donors (Lipinski definition) is 0. The molecule has 0 amide bonds. The van der Waals surface area contributed by atoms with Crippen LogP contribution in [0.25, 0.3) is 22.4 Å². The van der Waals surface area contributed by atoms with Crippen LogP contribution in [0.2, 0.25) is 5.15 Å². The third kappa shape index (κ3) is 3.31. The van der Waals surface area contributed by atoms with E-state index < -0.39 is 0 Å². The van der Waals surface area contributed by atoms with Crippen molar-refractivity contribution in [3.05, 3.63) is 29.7 Å². The molecule has 3 aromatic rings. The highest BCUT2D eigenvalue weighted by Gasteiger charge is 2.21. The molecular formula is C19H21ClN4O3. The average molecular weight is 389 g/mol. The van der Waals surface area contributed by atoms with E-state index >= 15 is 0 Å². The van der Waals surface area contributed by atoms with Crippen LogP contribution >= 0.6 is 11.6 Å². The first-order chi connectivity index (χ1) is 13.3. The second kappa shape index (κ2) is 7.14. The first kappa shape index (κ1) is 17.0. The van der Waals surface area contributed by atoms with Crippen molar-refractivity contribution >= 4 is 28.4 Å². The van der Waals surface area contributed by atoms with Crippen molar-refractivity contribution in [1.82, 2.24) is 14.8 Å². The molecule has 3 aromatic heterocycles. The van der Waals surface area contributed by atoms with Crippen LogP contribution in [0.4, 0.5) is 5.69 Å². The van der Waals surface area contributed by atoms with Gasteiger partial charge in [0, 0.05) is 38.0 Å². The molecule has 2 fully saturated rings. The van der Waals surface area contributed by atoms with Crippen LogP contribution in [0.15, 0.2) is 28.9 Å². The van der Waals surface area contributed by atoms with Gasteiger partial charge in [-0.15, -0.1) is 0 Å². The summed E-state index contributed by atoms with van der Waals surface area (Å²) in [6.45, 7) is 3.80. The number of hydrogen-bond acceptors (Lipinski definition) is 6. The molecule has 142 valence electrons. The molecular weight excluding hydrogens is 368 g/mol. The molecule has 8 heteroatoms. The topological polar surface area (TPSA) is 65.5 Å². The van der Waals surface area contributed by atoms with Gasteiger partial charge in [-0.05, 0) is 19.3 Å². The lowest BCUT2D eigenvalue weighted by atomic mass is 10.2. The van der Waals surface area contributed by atoms with Crippen LogP contribution in [0.5, 0.6) is 0 Å². The van der Waals surface area contributed by atoms with Gasteiger partial charge in [-0.25, -0.2) is 9.67 Å². The lowest BCUT2D eigenvalue weighted by molar-refractivity contribution is -0.0394. The maximum Gasteiger partial charge on any atom is 0.176 e. The Morgan fingerprint density at radius 2 is 2.00 bits per heavy atom. The van der Waals surface area contributed by atoms with Gasteiger partial charge in [0.05, 0.1) is 30.7 Å². The molecule has 2 saturated heterocycles. The number of rotatable bonds is 3. The fourth-order valence-electron chi connectivity index (χ4n) is 3.71. The SMILES string of the molecule is Clc1cc(N2CCOCC2)c2oc(-c3cnn(C4CCCCO4)c3)cc2n1. The van der Waals surface area contributed by atoms with Crippen LogP contribution in [-0.2, 0) is 9.47 Å². The first-order valence-corrected chi connectivity index (χ1v) is 9.75. The predicted octanol–water partition coefficient (Wildman–Crippen LogP) is 3.88. The smallest absolute Gasteiger partial charge is 0.176 e. The van der Waals surface area contributed by atoms with Crippen LogP contribution < -0.4 is 4.90 Å². The maximum atomic E-state index is 6.26. The van der Waals surface area contributed by atoms with Gasteiger partial charge in [-0.1, -0.05) is 11.6 Å². The molecule has 0 saturated carbocycles. The Balaban J connectivity index is 1.50. The molecule has 5 heterocycles. The Morgan fingerprint density at radius 3 is 2.81 bits per heavy atom. The maximum absolute atomic E-state index is 6.26. The minimum Gasteiger partial charge on any atom is -0.452 e. The van der Waals surface area contributed by atoms with Crippen molar-refractivity contribution in [2.45, 2.75) is 25.5 Å². The zero-order valence-electron chi connectivity index (χ0n) is 14.9. The number of aromatic nitrogens is 3. The highest BCUT2D eigenvalue weighted by Crippen LogP contribution is 2.35. The van der Waals surface area contributed by atoms with E-state index in [1.165, 1.54) is 0 Å². The average Bonchev–Trinajstić information content (AvgIpc) is 3.36. The molecule has 0 spiro atoms. The number of anilines is 1. The van der Waals surface area contributed by atoms with Crippen molar-refractivity contribution in [2.75, 3.05) is 37.8 Å². The Bertz CT molecular complexity index is 942. The quantitative estimate of drug-likeness (QED) is 0.634. The van der Waals surface area contributed by atoms with Gasteiger partial charge in [0.1, 0.15) is 22.7 Å².